The molecule has 0 bridgehead atoms. The third kappa shape index (κ3) is 4.63. The van der Waals surface area contributed by atoms with E-state index < -0.39 is 23.8 Å². The van der Waals surface area contributed by atoms with Gasteiger partial charge in [0.05, 0.1) is 0 Å². The Hall–Kier alpha value is -2.02. The minimum atomic E-state index is -0.831. The Morgan fingerprint density at radius 2 is 1.79 bits per heavy atom. The molecule has 1 rings (SSSR count). The quantitative estimate of drug-likeness (QED) is 0.776. The van der Waals surface area contributed by atoms with E-state index in [4.69, 9.17) is 14.7 Å². The van der Waals surface area contributed by atoms with Gasteiger partial charge in [0.15, 0.2) is 6.10 Å². The number of carbonyl (C=O) groups is 1. The Kier molecular flexibility index (Phi) is 4.94. The van der Waals surface area contributed by atoms with Gasteiger partial charge >= 0.3 is 6.16 Å². The molecule has 0 N–H and O–H groups in total. The average molecular weight is 261 g/mol. The molecule has 4 heteroatoms. The highest BCUT2D eigenvalue weighted by molar-refractivity contribution is 5.61. The van der Waals surface area contributed by atoms with Gasteiger partial charge in [-0.05, 0) is 12.5 Å². The maximum atomic E-state index is 11.6. The highest BCUT2D eigenvalue weighted by atomic mass is 16.7. The van der Waals surface area contributed by atoms with Crippen LogP contribution in [0.5, 0.6) is 0 Å². The van der Waals surface area contributed by atoms with Gasteiger partial charge in [-0.2, -0.15) is 5.26 Å². The van der Waals surface area contributed by atoms with Gasteiger partial charge in [-0.15, -0.1) is 0 Å². The summed E-state index contributed by atoms with van der Waals surface area (Å²) >= 11 is 0. The number of ether oxygens (including phenoxy) is 2. The fourth-order valence-corrected chi connectivity index (χ4v) is 1.46. The molecule has 2 atom stereocenters. The highest BCUT2D eigenvalue weighted by Crippen LogP contribution is 2.23. The second-order valence-electron chi connectivity index (χ2n) is 5.41. The van der Waals surface area contributed by atoms with E-state index in [2.05, 4.69) is 0 Å². The molecule has 0 amide bonds. The van der Waals surface area contributed by atoms with E-state index in [0.717, 1.165) is 5.56 Å². The second-order valence-corrected chi connectivity index (χ2v) is 5.41. The maximum absolute atomic E-state index is 11.6. The molecule has 0 saturated carbocycles. The summed E-state index contributed by atoms with van der Waals surface area (Å²) in [5.74, 6) is 0. The van der Waals surface area contributed by atoms with Crippen LogP contribution in [0.3, 0.4) is 0 Å². The molecule has 0 aliphatic rings. The predicted molar refractivity (Wildman–Crippen MR) is 71.3 cm³/mol. The monoisotopic (exact) mass is 261 g/mol. The minimum Gasteiger partial charge on any atom is -0.426 e. The van der Waals surface area contributed by atoms with Gasteiger partial charge in [0, 0.05) is 5.41 Å². The van der Waals surface area contributed by atoms with Gasteiger partial charge in [-0.25, -0.2) is 4.79 Å². The van der Waals surface area contributed by atoms with E-state index in [0.29, 0.717) is 0 Å². The zero-order chi connectivity index (χ0) is 14.5. The molecule has 0 aliphatic carbocycles. The van der Waals surface area contributed by atoms with Gasteiger partial charge in [-0.1, -0.05) is 51.1 Å². The lowest BCUT2D eigenvalue weighted by molar-refractivity contribution is -0.0110. The Morgan fingerprint density at radius 1 is 1.21 bits per heavy atom. The molecule has 4 nitrogen and oxygen atoms in total. The molecule has 0 spiro atoms. The van der Waals surface area contributed by atoms with Crippen LogP contribution in [0.15, 0.2) is 30.3 Å². The van der Waals surface area contributed by atoms with Gasteiger partial charge in [-0.3, -0.25) is 0 Å². The van der Waals surface area contributed by atoms with E-state index in [1.54, 1.807) is 6.92 Å². The number of nitrogens with zero attached hydrogens (tertiary/aromatic N) is 1. The fourth-order valence-electron chi connectivity index (χ4n) is 1.46. The van der Waals surface area contributed by atoms with Crippen LogP contribution in [0.1, 0.15) is 39.4 Å². The van der Waals surface area contributed by atoms with Crippen molar-refractivity contribution in [3.63, 3.8) is 0 Å². The summed E-state index contributed by atoms with van der Waals surface area (Å²) in [4.78, 5) is 11.6. The van der Waals surface area contributed by atoms with Crippen LogP contribution in [-0.4, -0.2) is 12.3 Å². The summed E-state index contributed by atoms with van der Waals surface area (Å²) in [6.45, 7) is 7.24. The molecule has 0 heterocycles. The molecule has 0 aromatic heterocycles. The zero-order valence-corrected chi connectivity index (χ0v) is 11.7. The second kappa shape index (κ2) is 6.24. The molecule has 19 heavy (non-hydrogen) atoms. The molecule has 0 saturated heterocycles. The Labute approximate surface area is 113 Å². The number of rotatable bonds is 3. The molecule has 0 radical (unpaired) electrons. The molecule has 0 aliphatic heterocycles. The number of hydrogen-bond acceptors (Lipinski definition) is 4. The Morgan fingerprint density at radius 3 is 2.26 bits per heavy atom. The topological polar surface area (TPSA) is 59.3 Å². The van der Waals surface area contributed by atoms with Crippen molar-refractivity contribution in [2.24, 2.45) is 5.41 Å². The van der Waals surface area contributed by atoms with E-state index in [1.165, 1.54) is 0 Å². The van der Waals surface area contributed by atoms with Crippen LogP contribution in [0, 0.1) is 16.7 Å². The van der Waals surface area contributed by atoms with Crippen molar-refractivity contribution in [1.82, 2.24) is 0 Å². The maximum Gasteiger partial charge on any atom is 0.510 e. The van der Waals surface area contributed by atoms with E-state index in [9.17, 15) is 4.79 Å². The van der Waals surface area contributed by atoms with Gasteiger partial charge in [0.2, 0.25) is 0 Å². The van der Waals surface area contributed by atoms with Crippen molar-refractivity contribution in [2.75, 3.05) is 0 Å². The number of benzene rings is 1. The summed E-state index contributed by atoms with van der Waals surface area (Å²) in [5.41, 5.74) is 0.438. The summed E-state index contributed by atoms with van der Waals surface area (Å²) in [6, 6.07) is 11.3. The van der Waals surface area contributed by atoms with Gasteiger partial charge in [0.25, 0.3) is 0 Å². The first kappa shape index (κ1) is 15.0. The lowest BCUT2D eigenvalue weighted by Crippen LogP contribution is -2.30. The van der Waals surface area contributed by atoms with E-state index in [-0.39, 0.29) is 0 Å². The van der Waals surface area contributed by atoms with Crippen LogP contribution in [0.25, 0.3) is 0 Å². The van der Waals surface area contributed by atoms with Crippen LogP contribution < -0.4 is 0 Å². The van der Waals surface area contributed by atoms with Gasteiger partial charge in [0.1, 0.15) is 12.2 Å². The lowest BCUT2D eigenvalue weighted by Gasteiger charge is -2.24. The number of carbonyl (C=O) groups excluding carboxylic acids is 1. The van der Waals surface area contributed by atoms with Crippen molar-refractivity contribution in [2.45, 2.75) is 39.9 Å². The number of hydrogen-bond donors (Lipinski definition) is 0. The molecule has 0 fully saturated rings. The first-order valence-electron chi connectivity index (χ1n) is 6.16. The first-order chi connectivity index (χ1) is 8.84. The summed E-state index contributed by atoms with van der Waals surface area (Å²) in [6.07, 6.45) is -2.06. The Bertz CT molecular complexity index is 457. The summed E-state index contributed by atoms with van der Waals surface area (Å²) in [7, 11) is 0. The minimum absolute atomic E-state index is 0.409. The summed E-state index contributed by atoms with van der Waals surface area (Å²) < 4.78 is 10.2. The SMILES string of the molecule is C[C@H](OC(=O)O[C@@H](C#N)C(C)(C)C)c1ccccc1. The van der Waals surface area contributed by atoms with Crippen LogP contribution >= 0.6 is 0 Å². The standard InChI is InChI=1S/C15H19NO3/c1-11(12-8-6-5-7-9-12)18-14(17)19-13(10-16)15(2,3)4/h5-9,11,13H,1-4H3/t11-,13-/m0/s1. The largest absolute Gasteiger partial charge is 0.510 e. The van der Waals surface area contributed by atoms with Crippen LogP contribution in [-0.2, 0) is 9.47 Å². The normalized spacial score (nSPS) is 14.1. The van der Waals surface area contributed by atoms with Crippen LogP contribution in [0.4, 0.5) is 4.79 Å². The predicted octanol–water partition coefficient (Wildman–Crippen LogP) is 3.84. The lowest BCUT2D eigenvalue weighted by atomic mass is 9.90. The van der Waals surface area contributed by atoms with E-state index >= 15 is 0 Å². The first-order valence-corrected chi connectivity index (χ1v) is 6.16. The highest BCUT2D eigenvalue weighted by Gasteiger charge is 2.29. The van der Waals surface area contributed by atoms with Crippen LogP contribution in [0.2, 0.25) is 0 Å². The molecule has 1 aromatic carbocycles. The summed E-state index contributed by atoms with van der Waals surface area (Å²) in [5, 5.41) is 8.98. The average Bonchev–Trinajstić information content (AvgIpc) is 2.35. The fraction of sp³-hybridized carbons (Fsp3) is 0.467. The zero-order valence-electron chi connectivity index (χ0n) is 11.7. The Balaban J connectivity index is 2.59. The third-order valence-electron chi connectivity index (χ3n) is 2.66. The molecule has 0 unspecified atom stereocenters. The van der Waals surface area contributed by atoms with E-state index in [1.807, 2.05) is 57.2 Å². The van der Waals surface area contributed by atoms with Crippen molar-refractivity contribution in [3.05, 3.63) is 35.9 Å². The smallest absolute Gasteiger partial charge is 0.426 e. The molecular formula is C15H19NO3. The van der Waals surface area contributed by atoms with Crippen molar-refractivity contribution in [3.8, 4) is 6.07 Å². The number of nitriles is 1. The molecular weight excluding hydrogens is 242 g/mol. The van der Waals surface area contributed by atoms with Crippen molar-refractivity contribution in [1.29, 1.82) is 5.26 Å². The molecule has 102 valence electrons. The van der Waals surface area contributed by atoms with Gasteiger partial charge < -0.3 is 9.47 Å². The third-order valence-corrected chi connectivity index (χ3v) is 2.66. The van der Waals surface area contributed by atoms with Crippen molar-refractivity contribution < 1.29 is 14.3 Å². The molecule has 1 aromatic rings. The van der Waals surface area contributed by atoms with Crippen molar-refractivity contribution >= 4 is 6.16 Å².